The minimum Gasteiger partial charge on any atom is -0.496 e. The van der Waals surface area contributed by atoms with Gasteiger partial charge in [-0.2, -0.15) is 0 Å². The smallest absolute Gasteiger partial charge is 0.181 e. The summed E-state index contributed by atoms with van der Waals surface area (Å²) < 4.78 is 38.3. The highest BCUT2D eigenvalue weighted by Gasteiger charge is 2.63. The lowest BCUT2D eigenvalue weighted by atomic mass is 9.43. The number of nitrogens with two attached hydrogens (primary N) is 1. The summed E-state index contributed by atoms with van der Waals surface area (Å²) in [5.41, 5.74) is 7.28. The summed E-state index contributed by atoms with van der Waals surface area (Å²) in [6, 6.07) is 1.76. The molecule has 2 N–H and O–H groups in total. The zero-order valence-corrected chi connectivity index (χ0v) is 19.4. The number of nitrogen functional groups attached to an aromatic ring is 1. The number of hydrogen-bond donors (Lipinski definition) is 1. The lowest BCUT2D eigenvalue weighted by Crippen LogP contribution is -2.60. The molecule has 1 aliphatic heterocycles. The molecule has 0 radical (unpaired) electrons. The predicted octanol–water partition coefficient (Wildman–Crippen LogP) is 4.57. The molecule has 2 fully saturated rings. The quantitative estimate of drug-likeness (QED) is 0.708. The molecule has 0 spiro atoms. The van der Waals surface area contributed by atoms with E-state index in [-0.39, 0.29) is 38.5 Å². The van der Waals surface area contributed by atoms with E-state index in [1.807, 2.05) is 0 Å². The maximum atomic E-state index is 13.6. The standard InChI is InChI=1S/C23H35NO4S/c1-21(2)9-7-10-22(3)16(21)8-11-23(4)17(22)13-29(25,26)20-18(23)14(27-5)12-15(28-6)19(20)24/h12,16-17H,7-11,13,24H2,1-6H3/t16-,17+,22-,23+/m0/s1. The molecular formula is C23H35NO4S. The van der Waals surface area contributed by atoms with E-state index in [1.54, 1.807) is 13.2 Å². The number of benzene rings is 1. The highest BCUT2D eigenvalue weighted by atomic mass is 32.2. The van der Waals surface area contributed by atoms with Crippen LogP contribution in [0, 0.1) is 22.7 Å². The number of ether oxygens (including phenoxy) is 2. The van der Waals surface area contributed by atoms with Gasteiger partial charge in [-0.25, -0.2) is 8.42 Å². The molecule has 5 nitrogen and oxygen atoms in total. The molecule has 4 atom stereocenters. The van der Waals surface area contributed by atoms with Gasteiger partial charge in [0.2, 0.25) is 0 Å². The van der Waals surface area contributed by atoms with E-state index in [1.165, 1.54) is 13.5 Å². The summed E-state index contributed by atoms with van der Waals surface area (Å²) in [6.45, 7) is 9.32. The van der Waals surface area contributed by atoms with E-state index >= 15 is 0 Å². The Labute approximate surface area is 175 Å². The molecule has 0 amide bonds. The van der Waals surface area contributed by atoms with Gasteiger partial charge in [-0.1, -0.05) is 34.1 Å². The third-order valence-corrected chi connectivity index (χ3v) is 10.6. The second-order valence-corrected chi connectivity index (χ2v) is 12.6. The Morgan fingerprint density at radius 3 is 2.28 bits per heavy atom. The van der Waals surface area contributed by atoms with E-state index in [0.717, 1.165) is 31.2 Å². The van der Waals surface area contributed by atoms with Gasteiger partial charge in [0.1, 0.15) is 16.4 Å². The van der Waals surface area contributed by atoms with Crippen molar-refractivity contribution in [3.63, 3.8) is 0 Å². The zero-order valence-electron chi connectivity index (χ0n) is 18.6. The summed E-state index contributed by atoms with van der Waals surface area (Å²) in [6.07, 6.45) is 5.51. The maximum Gasteiger partial charge on any atom is 0.181 e. The maximum absolute atomic E-state index is 13.6. The second kappa shape index (κ2) is 6.29. The van der Waals surface area contributed by atoms with Crippen LogP contribution >= 0.6 is 0 Å². The number of methoxy groups -OCH3 is 2. The SMILES string of the molecule is COc1cc(OC)c2c(c1N)S(=O)(=O)C[C@@H]1[C@@]3(C)CCCC(C)(C)[C@@H]3CC[C@@]21C. The lowest BCUT2D eigenvalue weighted by Gasteiger charge is -2.63. The van der Waals surface area contributed by atoms with E-state index in [4.69, 9.17) is 15.2 Å². The highest BCUT2D eigenvalue weighted by Crippen LogP contribution is 2.68. The van der Waals surface area contributed by atoms with Crippen molar-refractivity contribution in [2.75, 3.05) is 25.7 Å². The summed E-state index contributed by atoms with van der Waals surface area (Å²) in [5, 5.41) is 0. The van der Waals surface area contributed by atoms with Crippen molar-refractivity contribution in [2.45, 2.75) is 70.1 Å². The topological polar surface area (TPSA) is 78.6 Å². The third-order valence-electron chi connectivity index (χ3n) is 8.75. The largest absolute Gasteiger partial charge is 0.496 e. The van der Waals surface area contributed by atoms with Crippen LogP contribution in [0.15, 0.2) is 11.0 Å². The minimum absolute atomic E-state index is 0.0147. The Bertz CT molecular complexity index is 954. The van der Waals surface area contributed by atoms with E-state index in [2.05, 4.69) is 27.7 Å². The molecule has 29 heavy (non-hydrogen) atoms. The third kappa shape index (κ3) is 2.67. The van der Waals surface area contributed by atoms with Gasteiger partial charge < -0.3 is 15.2 Å². The first-order chi connectivity index (χ1) is 13.4. The first-order valence-corrected chi connectivity index (χ1v) is 12.4. The molecule has 0 unspecified atom stereocenters. The van der Waals surface area contributed by atoms with Gasteiger partial charge in [-0.15, -0.1) is 0 Å². The Morgan fingerprint density at radius 1 is 1.00 bits per heavy atom. The van der Waals surface area contributed by atoms with Gasteiger partial charge in [0.05, 0.1) is 25.7 Å². The molecule has 0 saturated heterocycles. The van der Waals surface area contributed by atoms with Crippen LogP contribution in [0.5, 0.6) is 11.5 Å². The van der Waals surface area contributed by atoms with Crippen molar-refractivity contribution in [3.05, 3.63) is 11.6 Å². The van der Waals surface area contributed by atoms with Crippen molar-refractivity contribution >= 4 is 15.5 Å². The van der Waals surface area contributed by atoms with Crippen LogP contribution in [-0.4, -0.2) is 28.4 Å². The van der Waals surface area contributed by atoms with Crippen LogP contribution in [0.4, 0.5) is 5.69 Å². The van der Waals surface area contributed by atoms with Gasteiger partial charge in [-0.3, -0.25) is 0 Å². The molecule has 4 rings (SSSR count). The fourth-order valence-electron chi connectivity index (χ4n) is 7.45. The van der Waals surface area contributed by atoms with E-state index in [0.29, 0.717) is 17.4 Å². The number of fused-ring (bicyclic) bond motifs is 5. The average Bonchev–Trinajstić information content (AvgIpc) is 2.63. The fraction of sp³-hybridized carbons (Fsp3) is 0.739. The van der Waals surface area contributed by atoms with Gasteiger partial charge in [0, 0.05) is 17.0 Å². The van der Waals surface area contributed by atoms with Crippen molar-refractivity contribution in [1.82, 2.24) is 0 Å². The normalized spacial score (nSPS) is 37.0. The molecular weight excluding hydrogens is 386 g/mol. The lowest BCUT2D eigenvalue weighted by molar-refractivity contribution is -0.0984. The summed E-state index contributed by atoms with van der Waals surface area (Å²) in [7, 11) is -0.451. The van der Waals surface area contributed by atoms with Gasteiger partial charge in [-0.05, 0) is 48.3 Å². The molecule has 2 aliphatic carbocycles. The first kappa shape index (κ1) is 20.8. The van der Waals surface area contributed by atoms with Crippen LogP contribution in [-0.2, 0) is 15.3 Å². The Kier molecular flexibility index (Phi) is 4.51. The molecule has 1 aromatic rings. The fourth-order valence-corrected chi connectivity index (χ4v) is 9.88. The Morgan fingerprint density at radius 2 is 1.66 bits per heavy atom. The van der Waals surface area contributed by atoms with Crippen LogP contribution < -0.4 is 15.2 Å². The molecule has 3 aliphatic rings. The number of hydrogen-bond acceptors (Lipinski definition) is 5. The van der Waals surface area contributed by atoms with Gasteiger partial charge in [0.15, 0.2) is 9.84 Å². The van der Waals surface area contributed by atoms with Gasteiger partial charge in [0.25, 0.3) is 0 Å². The van der Waals surface area contributed by atoms with Gasteiger partial charge >= 0.3 is 0 Å². The van der Waals surface area contributed by atoms with E-state index < -0.39 is 9.84 Å². The summed E-state index contributed by atoms with van der Waals surface area (Å²) >= 11 is 0. The number of rotatable bonds is 2. The van der Waals surface area contributed by atoms with Crippen molar-refractivity contribution < 1.29 is 17.9 Å². The molecule has 0 aromatic heterocycles. The molecule has 6 heteroatoms. The number of sulfone groups is 1. The summed E-state index contributed by atoms with van der Waals surface area (Å²) in [5.74, 6) is 1.68. The Hall–Kier alpha value is -1.43. The van der Waals surface area contributed by atoms with Crippen LogP contribution in [0.3, 0.4) is 0 Å². The van der Waals surface area contributed by atoms with E-state index in [9.17, 15) is 8.42 Å². The molecule has 0 bridgehead atoms. The van der Waals surface area contributed by atoms with Crippen LogP contribution in [0.25, 0.3) is 0 Å². The molecule has 1 aromatic carbocycles. The molecule has 1 heterocycles. The van der Waals surface area contributed by atoms with Crippen LogP contribution in [0.2, 0.25) is 0 Å². The monoisotopic (exact) mass is 421 g/mol. The average molecular weight is 422 g/mol. The molecule has 2 saturated carbocycles. The first-order valence-electron chi connectivity index (χ1n) is 10.7. The van der Waals surface area contributed by atoms with Crippen LogP contribution in [0.1, 0.15) is 65.4 Å². The van der Waals surface area contributed by atoms with Crippen molar-refractivity contribution in [1.29, 1.82) is 0 Å². The van der Waals surface area contributed by atoms with Crippen molar-refractivity contribution in [3.8, 4) is 11.5 Å². The van der Waals surface area contributed by atoms with Crippen molar-refractivity contribution in [2.24, 2.45) is 22.7 Å². The summed E-state index contributed by atoms with van der Waals surface area (Å²) in [4.78, 5) is 0.240. The highest BCUT2D eigenvalue weighted by molar-refractivity contribution is 7.91. The Balaban J connectivity index is 2.00. The predicted molar refractivity (Wildman–Crippen MR) is 115 cm³/mol. The second-order valence-electron chi connectivity index (χ2n) is 10.6. The molecule has 162 valence electrons. The number of anilines is 1. The zero-order chi connectivity index (χ0) is 21.4. The minimum atomic E-state index is -3.56.